The fourth-order valence-corrected chi connectivity index (χ4v) is 1.94. The molecule has 0 saturated carbocycles. The van der Waals surface area contributed by atoms with E-state index in [4.69, 9.17) is 10.8 Å². The van der Waals surface area contributed by atoms with Crippen LogP contribution < -0.4 is 11.1 Å². The van der Waals surface area contributed by atoms with Gasteiger partial charge in [0.05, 0.1) is 16.9 Å². The van der Waals surface area contributed by atoms with Gasteiger partial charge in [-0.05, 0) is 26.0 Å². The molecular weight excluding hydrogens is 258 g/mol. The van der Waals surface area contributed by atoms with Crippen molar-refractivity contribution in [2.75, 3.05) is 30.7 Å². The van der Waals surface area contributed by atoms with Crippen LogP contribution >= 0.6 is 0 Å². The Balaban J connectivity index is 2.61. The van der Waals surface area contributed by atoms with E-state index in [0.717, 1.165) is 0 Å². The number of nitrogens with zero attached hydrogens (tertiary/aromatic N) is 1. The highest BCUT2D eigenvalue weighted by atomic mass is 16.4. The number of hydrogen-bond acceptors (Lipinski definition) is 4. The lowest BCUT2D eigenvalue weighted by Crippen LogP contribution is -2.31. The first-order valence-electron chi connectivity index (χ1n) is 6.64. The van der Waals surface area contributed by atoms with Crippen molar-refractivity contribution in [2.45, 2.75) is 20.3 Å². The van der Waals surface area contributed by atoms with Gasteiger partial charge < -0.3 is 21.1 Å². The van der Waals surface area contributed by atoms with E-state index in [1.54, 1.807) is 17.0 Å². The first-order chi connectivity index (χ1) is 9.51. The van der Waals surface area contributed by atoms with Crippen LogP contribution in [0.4, 0.5) is 11.4 Å². The standard InChI is InChI=1S/C14H21N3O3/c1-3-17(4-2)12(18)8-9-16-11-7-5-6-10(13(11)15)14(19)20/h5-7,16H,3-4,8-9,15H2,1-2H3,(H,19,20). The van der Waals surface area contributed by atoms with Gasteiger partial charge in [0.15, 0.2) is 0 Å². The molecule has 6 nitrogen and oxygen atoms in total. The van der Waals surface area contributed by atoms with Crippen molar-refractivity contribution in [2.24, 2.45) is 0 Å². The van der Waals surface area contributed by atoms with Gasteiger partial charge in [0.25, 0.3) is 0 Å². The topological polar surface area (TPSA) is 95.7 Å². The zero-order chi connectivity index (χ0) is 15.1. The maximum Gasteiger partial charge on any atom is 0.337 e. The second kappa shape index (κ2) is 7.37. The van der Waals surface area contributed by atoms with Crippen LogP contribution in [-0.4, -0.2) is 41.5 Å². The molecule has 0 unspecified atom stereocenters. The van der Waals surface area contributed by atoms with Crippen molar-refractivity contribution < 1.29 is 14.7 Å². The summed E-state index contributed by atoms with van der Waals surface area (Å²) in [4.78, 5) is 24.5. The molecule has 0 radical (unpaired) electrons. The van der Waals surface area contributed by atoms with Gasteiger partial charge in [-0.25, -0.2) is 4.79 Å². The van der Waals surface area contributed by atoms with E-state index in [-0.39, 0.29) is 17.2 Å². The van der Waals surface area contributed by atoms with Crippen molar-refractivity contribution in [1.82, 2.24) is 4.90 Å². The summed E-state index contributed by atoms with van der Waals surface area (Å²) in [5, 5.41) is 12.0. The zero-order valence-electron chi connectivity index (χ0n) is 11.8. The van der Waals surface area contributed by atoms with Crippen LogP contribution in [0.1, 0.15) is 30.6 Å². The molecule has 0 bridgehead atoms. The molecule has 0 aliphatic heterocycles. The lowest BCUT2D eigenvalue weighted by molar-refractivity contribution is -0.130. The normalized spacial score (nSPS) is 10.1. The fourth-order valence-electron chi connectivity index (χ4n) is 1.94. The summed E-state index contributed by atoms with van der Waals surface area (Å²) in [6, 6.07) is 4.77. The molecule has 1 amide bonds. The maximum atomic E-state index is 11.8. The summed E-state index contributed by atoms with van der Waals surface area (Å²) in [5.41, 5.74) is 6.56. The lowest BCUT2D eigenvalue weighted by atomic mass is 10.1. The van der Waals surface area contributed by atoms with Gasteiger partial charge in [0, 0.05) is 26.1 Å². The summed E-state index contributed by atoms with van der Waals surface area (Å²) < 4.78 is 0. The van der Waals surface area contributed by atoms with Gasteiger partial charge in [-0.2, -0.15) is 0 Å². The average molecular weight is 279 g/mol. The number of benzene rings is 1. The summed E-state index contributed by atoms with van der Waals surface area (Å²) in [6.07, 6.45) is 0.346. The Morgan fingerprint density at radius 3 is 2.50 bits per heavy atom. The van der Waals surface area contributed by atoms with Gasteiger partial charge in [-0.1, -0.05) is 6.07 Å². The van der Waals surface area contributed by atoms with Crippen LogP contribution in [-0.2, 0) is 4.79 Å². The fraction of sp³-hybridized carbons (Fsp3) is 0.429. The van der Waals surface area contributed by atoms with Gasteiger partial charge in [-0.3, -0.25) is 4.79 Å². The van der Waals surface area contributed by atoms with Gasteiger partial charge in [-0.15, -0.1) is 0 Å². The third-order valence-corrected chi connectivity index (χ3v) is 3.11. The number of nitrogens with two attached hydrogens (primary N) is 1. The van der Waals surface area contributed by atoms with Crippen molar-refractivity contribution in [3.63, 3.8) is 0 Å². The Bertz CT molecular complexity index is 485. The minimum atomic E-state index is -1.06. The molecule has 6 heteroatoms. The van der Waals surface area contributed by atoms with Crippen LogP contribution in [0.25, 0.3) is 0 Å². The number of anilines is 2. The Morgan fingerprint density at radius 2 is 1.95 bits per heavy atom. The molecule has 110 valence electrons. The Hall–Kier alpha value is -2.24. The quantitative estimate of drug-likeness (QED) is 0.659. The molecule has 20 heavy (non-hydrogen) atoms. The summed E-state index contributed by atoms with van der Waals surface area (Å²) in [5.74, 6) is -0.999. The number of para-hydroxylation sites is 1. The third kappa shape index (κ3) is 3.88. The van der Waals surface area contributed by atoms with Crippen molar-refractivity contribution in [1.29, 1.82) is 0 Å². The minimum absolute atomic E-state index is 0.0602. The zero-order valence-corrected chi connectivity index (χ0v) is 11.8. The van der Waals surface area contributed by atoms with E-state index in [1.807, 2.05) is 13.8 Å². The molecule has 1 rings (SSSR count). The highest BCUT2D eigenvalue weighted by Crippen LogP contribution is 2.22. The lowest BCUT2D eigenvalue weighted by Gasteiger charge is -2.19. The molecule has 0 fully saturated rings. The molecule has 0 spiro atoms. The summed E-state index contributed by atoms with van der Waals surface area (Å²) in [7, 11) is 0. The molecule has 1 aromatic rings. The van der Waals surface area contributed by atoms with E-state index in [1.165, 1.54) is 6.07 Å². The van der Waals surface area contributed by atoms with E-state index in [9.17, 15) is 9.59 Å². The number of carbonyl (C=O) groups excluding carboxylic acids is 1. The number of nitrogen functional groups attached to an aromatic ring is 1. The molecular formula is C14H21N3O3. The molecule has 0 heterocycles. The summed E-state index contributed by atoms with van der Waals surface area (Å²) in [6.45, 7) is 5.66. The predicted octanol–water partition coefficient (Wildman–Crippen LogP) is 1.64. The smallest absolute Gasteiger partial charge is 0.337 e. The monoisotopic (exact) mass is 279 g/mol. The van der Waals surface area contributed by atoms with Gasteiger partial charge >= 0.3 is 5.97 Å². The molecule has 0 aromatic heterocycles. The average Bonchev–Trinajstić information content (AvgIpc) is 2.41. The number of carboxylic acids is 1. The number of amides is 1. The first-order valence-corrected chi connectivity index (χ1v) is 6.64. The number of carbonyl (C=O) groups is 2. The molecule has 0 saturated heterocycles. The largest absolute Gasteiger partial charge is 0.478 e. The van der Waals surface area contributed by atoms with Crippen molar-refractivity contribution in [3.8, 4) is 0 Å². The van der Waals surface area contributed by atoms with Crippen molar-refractivity contribution >= 4 is 23.3 Å². The van der Waals surface area contributed by atoms with Crippen LogP contribution in [0.15, 0.2) is 18.2 Å². The number of aromatic carboxylic acids is 1. The van der Waals surface area contributed by atoms with Gasteiger partial charge in [0.2, 0.25) is 5.91 Å². The van der Waals surface area contributed by atoms with E-state index < -0.39 is 5.97 Å². The minimum Gasteiger partial charge on any atom is -0.478 e. The molecule has 4 N–H and O–H groups in total. The first kappa shape index (κ1) is 15.8. The predicted molar refractivity (Wildman–Crippen MR) is 78.8 cm³/mol. The van der Waals surface area contributed by atoms with E-state index >= 15 is 0 Å². The third-order valence-electron chi connectivity index (χ3n) is 3.11. The van der Waals surface area contributed by atoms with Gasteiger partial charge in [0.1, 0.15) is 0 Å². The molecule has 0 atom stereocenters. The second-order valence-electron chi connectivity index (χ2n) is 4.31. The number of rotatable bonds is 7. The van der Waals surface area contributed by atoms with Crippen LogP contribution in [0.5, 0.6) is 0 Å². The second-order valence-corrected chi connectivity index (χ2v) is 4.31. The molecule has 0 aliphatic rings. The Labute approximate surface area is 118 Å². The Kier molecular flexibility index (Phi) is 5.83. The van der Waals surface area contributed by atoms with Crippen LogP contribution in [0, 0.1) is 0 Å². The molecule has 0 aliphatic carbocycles. The number of nitrogens with one attached hydrogen (secondary N) is 1. The van der Waals surface area contributed by atoms with Crippen LogP contribution in [0.2, 0.25) is 0 Å². The van der Waals surface area contributed by atoms with Crippen molar-refractivity contribution in [3.05, 3.63) is 23.8 Å². The highest BCUT2D eigenvalue weighted by molar-refractivity contribution is 5.97. The van der Waals surface area contributed by atoms with Crippen LogP contribution in [0.3, 0.4) is 0 Å². The number of carboxylic acid groups (broad SMARTS) is 1. The van der Waals surface area contributed by atoms with E-state index in [0.29, 0.717) is 31.7 Å². The number of hydrogen-bond donors (Lipinski definition) is 3. The molecule has 1 aromatic carbocycles. The highest BCUT2D eigenvalue weighted by Gasteiger charge is 2.12. The SMILES string of the molecule is CCN(CC)C(=O)CCNc1cccc(C(=O)O)c1N. The maximum absolute atomic E-state index is 11.8. The Morgan fingerprint density at radius 1 is 1.30 bits per heavy atom. The summed E-state index contributed by atoms with van der Waals surface area (Å²) >= 11 is 0. The van der Waals surface area contributed by atoms with E-state index in [2.05, 4.69) is 5.32 Å².